The molecular weight excluding hydrogens is 245 g/mol. The number of alkyl halides is 3. The Balaban J connectivity index is 2.47. The van der Waals surface area contributed by atoms with Gasteiger partial charge in [0.25, 0.3) is 0 Å². The number of ketones is 1. The van der Waals surface area contributed by atoms with E-state index in [0.29, 0.717) is 18.8 Å². The number of methoxy groups -OCH3 is 1. The number of rotatable bonds is 5. The van der Waals surface area contributed by atoms with Crippen LogP contribution in [0.15, 0.2) is 0 Å². The number of carbonyl (C=O) groups excluding carboxylic acids is 1. The van der Waals surface area contributed by atoms with Gasteiger partial charge in [-0.3, -0.25) is 4.79 Å². The van der Waals surface area contributed by atoms with E-state index in [9.17, 15) is 18.0 Å². The van der Waals surface area contributed by atoms with Crippen molar-refractivity contribution < 1.29 is 22.7 Å². The third-order valence-corrected chi connectivity index (χ3v) is 3.84. The van der Waals surface area contributed by atoms with Gasteiger partial charge in [-0.05, 0) is 38.0 Å². The summed E-state index contributed by atoms with van der Waals surface area (Å²) in [5, 5.41) is 0. The van der Waals surface area contributed by atoms with Crippen molar-refractivity contribution in [3.05, 3.63) is 0 Å². The van der Waals surface area contributed by atoms with Crippen molar-refractivity contribution in [1.82, 2.24) is 0 Å². The molecule has 0 radical (unpaired) electrons. The molecule has 0 spiro atoms. The van der Waals surface area contributed by atoms with Gasteiger partial charge in [0, 0.05) is 20.0 Å². The van der Waals surface area contributed by atoms with Crippen LogP contribution in [-0.2, 0) is 9.53 Å². The van der Waals surface area contributed by atoms with Gasteiger partial charge >= 0.3 is 6.18 Å². The largest absolute Gasteiger partial charge is 0.389 e. The van der Waals surface area contributed by atoms with Crippen LogP contribution in [-0.4, -0.2) is 24.7 Å². The number of carbonyl (C=O) groups is 1. The lowest BCUT2D eigenvalue weighted by Gasteiger charge is -2.37. The molecule has 1 aliphatic rings. The highest BCUT2D eigenvalue weighted by Crippen LogP contribution is 2.36. The SMILES string of the molecule is COC1(C(=O)CCCC(F)(F)F)CCC(C)CC1. The Hall–Kier alpha value is -0.580. The van der Waals surface area contributed by atoms with Crippen LogP contribution >= 0.6 is 0 Å². The number of Topliss-reactive ketones (excluding diaryl/α,β-unsaturated/α-hetero) is 1. The number of hydrogen-bond donors (Lipinski definition) is 0. The van der Waals surface area contributed by atoms with Gasteiger partial charge in [-0.2, -0.15) is 13.2 Å². The van der Waals surface area contributed by atoms with E-state index in [-0.39, 0.29) is 18.6 Å². The van der Waals surface area contributed by atoms with Crippen LogP contribution in [0.25, 0.3) is 0 Å². The van der Waals surface area contributed by atoms with Crippen molar-refractivity contribution in [2.24, 2.45) is 5.92 Å². The molecule has 0 aliphatic heterocycles. The maximum absolute atomic E-state index is 12.1. The van der Waals surface area contributed by atoms with E-state index in [0.717, 1.165) is 12.8 Å². The molecule has 2 nitrogen and oxygen atoms in total. The second-order valence-electron chi connectivity index (χ2n) is 5.27. The summed E-state index contributed by atoms with van der Waals surface area (Å²) in [7, 11) is 1.48. The van der Waals surface area contributed by atoms with Crippen molar-refractivity contribution in [3.8, 4) is 0 Å². The van der Waals surface area contributed by atoms with Crippen LogP contribution in [0.4, 0.5) is 13.2 Å². The van der Waals surface area contributed by atoms with Crippen LogP contribution in [0.2, 0.25) is 0 Å². The van der Waals surface area contributed by atoms with Crippen molar-refractivity contribution in [2.75, 3.05) is 7.11 Å². The van der Waals surface area contributed by atoms with Crippen molar-refractivity contribution in [3.63, 3.8) is 0 Å². The molecular formula is C13H21F3O2. The first-order valence-corrected chi connectivity index (χ1v) is 6.44. The molecule has 0 unspecified atom stereocenters. The molecule has 18 heavy (non-hydrogen) atoms. The Morgan fingerprint density at radius 3 is 2.33 bits per heavy atom. The van der Waals surface area contributed by atoms with Crippen LogP contribution in [0.1, 0.15) is 51.9 Å². The first kappa shape index (κ1) is 15.5. The van der Waals surface area contributed by atoms with E-state index in [1.165, 1.54) is 7.11 Å². The Morgan fingerprint density at radius 1 is 1.33 bits per heavy atom. The van der Waals surface area contributed by atoms with E-state index >= 15 is 0 Å². The third kappa shape index (κ3) is 4.26. The highest BCUT2D eigenvalue weighted by molar-refractivity contribution is 5.87. The van der Waals surface area contributed by atoms with E-state index in [2.05, 4.69) is 6.92 Å². The highest BCUT2D eigenvalue weighted by Gasteiger charge is 2.40. The number of hydrogen-bond acceptors (Lipinski definition) is 2. The fourth-order valence-electron chi connectivity index (χ4n) is 2.50. The quantitative estimate of drug-likeness (QED) is 0.754. The topological polar surface area (TPSA) is 26.3 Å². The maximum atomic E-state index is 12.1. The maximum Gasteiger partial charge on any atom is 0.389 e. The summed E-state index contributed by atoms with van der Waals surface area (Å²) in [5.41, 5.74) is -0.821. The minimum Gasteiger partial charge on any atom is -0.370 e. The zero-order valence-electron chi connectivity index (χ0n) is 11.0. The number of ether oxygens (including phenoxy) is 1. The van der Waals surface area contributed by atoms with Gasteiger partial charge in [0.05, 0.1) is 0 Å². The zero-order valence-corrected chi connectivity index (χ0v) is 11.0. The van der Waals surface area contributed by atoms with Gasteiger partial charge in [0.2, 0.25) is 0 Å². The third-order valence-electron chi connectivity index (χ3n) is 3.84. The zero-order chi connectivity index (χ0) is 13.8. The molecule has 106 valence electrons. The lowest BCUT2D eigenvalue weighted by Crippen LogP contribution is -2.43. The second-order valence-corrected chi connectivity index (χ2v) is 5.27. The van der Waals surface area contributed by atoms with Gasteiger partial charge in [-0.1, -0.05) is 6.92 Å². The summed E-state index contributed by atoms with van der Waals surface area (Å²) in [5.74, 6) is 0.400. The Bertz CT molecular complexity index is 278. The summed E-state index contributed by atoms with van der Waals surface area (Å²) >= 11 is 0. The number of halogens is 3. The summed E-state index contributed by atoms with van der Waals surface area (Å²) < 4.78 is 41.4. The van der Waals surface area contributed by atoms with Gasteiger partial charge in [0.1, 0.15) is 5.60 Å². The van der Waals surface area contributed by atoms with Crippen LogP contribution < -0.4 is 0 Å². The van der Waals surface area contributed by atoms with Gasteiger partial charge in [-0.25, -0.2) is 0 Å². The molecule has 0 saturated heterocycles. The van der Waals surface area contributed by atoms with Crippen LogP contribution in [0.3, 0.4) is 0 Å². The predicted molar refractivity (Wildman–Crippen MR) is 62.3 cm³/mol. The Labute approximate surface area is 106 Å². The van der Waals surface area contributed by atoms with Crippen molar-refractivity contribution in [2.45, 2.75) is 63.6 Å². The molecule has 5 heteroatoms. The van der Waals surface area contributed by atoms with E-state index < -0.39 is 18.2 Å². The first-order chi connectivity index (χ1) is 8.29. The summed E-state index contributed by atoms with van der Waals surface area (Å²) in [6, 6.07) is 0. The normalized spacial score (nSPS) is 29.3. The van der Waals surface area contributed by atoms with Crippen LogP contribution in [0, 0.1) is 5.92 Å². The average Bonchev–Trinajstić information content (AvgIpc) is 2.28. The monoisotopic (exact) mass is 266 g/mol. The molecule has 0 heterocycles. The lowest BCUT2D eigenvalue weighted by atomic mass is 9.76. The Morgan fingerprint density at radius 2 is 1.89 bits per heavy atom. The molecule has 0 N–H and O–H groups in total. The van der Waals surface area contributed by atoms with Gasteiger partial charge in [-0.15, -0.1) is 0 Å². The minimum atomic E-state index is -4.18. The highest BCUT2D eigenvalue weighted by atomic mass is 19.4. The molecule has 0 aromatic carbocycles. The predicted octanol–water partition coefficient (Wildman–Crippen LogP) is 3.88. The van der Waals surface area contributed by atoms with E-state index in [1.807, 2.05) is 0 Å². The average molecular weight is 266 g/mol. The van der Waals surface area contributed by atoms with Crippen LogP contribution in [0.5, 0.6) is 0 Å². The molecule has 1 fully saturated rings. The minimum absolute atomic E-state index is 0.0399. The van der Waals surface area contributed by atoms with Crippen molar-refractivity contribution >= 4 is 5.78 Å². The standard InChI is InChI=1S/C13H21F3O2/c1-10-5-8-12(18-2,9-6-10)11(17)4-3-7-13(14,15)16/h10H,3-9H2,1-2H3. The fraction of sp³-hybridized carbons (Fsp3) is 0.923. The summed E-state index contributed by atoms with van der Waals surface area (Å²) in [4.78, 5) is 12.1. The molecule has 1 saturated carbocycles. The summed E-state index contributed by atoms with van der Waals surface area (Å²) in [6.45, 7) is 2.12. The molecule has 0 amide bonds. The first-order valence-electron chi connectivity index (χ1n) is 6.44. The molecule has 1 aliphatic carbocycles. The molecule has 0 aromatic heterocycles. The molecule has 0 aromatic rings. The fourth-order valence-corrected chi connectivity index (χ4v) is 2.50. The van der Waals surface area contributed by atoms with E-state index in [4.69, 9.17) is 4.74 Å². The van der Waals surface area contributed by atoms with Gasteiger partial charge in [0.15, 0.2) is 5.78 Å². The summed E-state index contributed by atoms with van der Waals surface area (Å²) in [6.07, 6.45) is -2.18. The smallest absolute Gasteiger partial charge is 0.370 e. The molecule has 1 rings (SSSR count). The molecule has 0 atom stereocenters. The Kier molecular flexibility index (Phi) is 5.20. The second kappa shape index (κ2) is 6.04. The lowest BCUT2D eigenvalue weighted by molar-refractivity contribution is -0.149. The van der Waals surface area contributed by atoms with Crippen molar-refractivity contribution in [1.29, 1.82) is 0 Å². The van der Waals surface area contributed by atoms with Gasteiger partial charge < -0.3 is 4.74 Å². The van der Waals surface area contributed by atoms with E-state index in [1.54, 1.807) is 0 Å². The molecule has 0 bridgehead atoms.